The number of nitrogens with zero attached hydrogens (tertiary/aromatic N) is 4. The second kappa shape index (κ2) is 5.12. The first kappa shape index (κ1) is 12.5. The van der Waals surface area contributed by atoms with E-state index in [0.29, 0.717) is 11.4 Å². The molecule has 0 aliphatic carbocycles. The Labute approximate surface area is 109 Å². The number of aryl methyl sites for hydroxylation is 2. The largest absolute Gasteiger partial charge is 0.322 e. The molecular weight excluding hydrogens is 258 g/mol. The van der Waals surface area contributed by atoms with Gasteiger partial charge in [-0.25, -0.2) is 0 Å². The van der Waals surface area contributed by atoms with Crippen LogP contribution < -0.4 is 5.73 Å². The van der Waals surface area contributed by atoms with E-state index in [-0.39, 0.29) is 6.04 Å². The van der Waals surface area contributed by atoms with E-state index in [1.54, 1.807) is 6.20 Å². The fourth-order valence-corrected chi connectivity index (χ4v) is 2.40. The third kappa shape index (κ3) is 2.48. The van der Waals surface area contributed by atoms with E-state index in [0.717, 1.165) is 35.4 Å². The van der Waals surface area contributed by atoms with Crippen LogP contribution >= 0.6 is 23.3 Å². The fourth-order valence-electron chi connectivity index (χ4n) is 1.71. The summed E-state index contributed by atoms with van der Waals surface area (Å²) in [5.74, 6) is 0. The lowest BCUT2D eigenvalue weighted by Gasteiger charge is -2.10. The van der Waals surface area contributed by atoms with E-state index in [4.69, 9.17) is 17.3 Å². The molecule has 0 bridgehead atoms. The molecule has 2 aromatic rings. The van der Waals surface area contributed by atoms with Gasteiger partial charge >= 0.3 is 0 Å². The lowest BCUT2D eigenvalue weighted by atomic mass is 10.1. The number of rotatable bonds is 4. The van der Waals surface area contributed by atoms with Crippen LogP contribution in [0.1, 0.15) is 30.0 Å². The van der Waals surface area contributed by atoms with E-state index in [9.17, 15) is 0 Å². The Morgan fingerprint density at radius 3 is 2.94 bits per heavy atom. The van der Waals surface area contributed by atoms with Crippen molar-refractivity contribution in [3.05, 3.63) is 28.3 Å². The van der Waals surface area contributed by atoms with Crippen LogP contribution in [0.5, 0.6) is 0 Å². The topological polar surface area (TPSA) is 69.6 Å². The Hall–Kier alpha value is -0.980. The molecule has 0 saturated heterocycles. The smallest absolute Gasteiger partial charge is 0.0914 e. The van der Waals surface area contributed by atoms with Gasteiger partial charge in [-0.05, 0) is 13.8 Å². The van der Waals surface area contributed by atoms with Crippen molar-refractivity contribution in [2.75, 3.05) is 0 Å². The third-order valence-corrected chi connectivity index (χ3v) is 3.61. The molecule has 2 rings (SSSR count). The maximum Gasteiger partial charge on any atom is 0.0914 e. The van der Waals surface area contributed by atoms with Gasteiger partial charge in [-0.1, -0.05) is 11.6 Å². The van der Waals surface area contributed by atoms with Crippen molar-refractivity contribution < 1.29 is 0 Å². The Morgan fingerprint density at radius 1 is 1.59 bits per heavy atom. The molecule has 7 heteroatoms. The first-order chi connectivity index (χ1) is 8.13. The van der Waals surface area contributed by atoms with Gasteiger partial charge in [0.25, 0.3) is 0 Å². The van der Waals surface area contributed by atoms with E-state index in [1.165, 1.54) is 0 Å². The number of hydrogen-bond acceptors (Lipinski definition) is 5. The van der Waals surface area contributed by atoms with Gasteiger partial charge in [-0.2, -0.15) is 13.8 Å². The second-order valence-electron chi connectivity index (χ2n) is 3.80. The number of aromatic nitrogens is 4. The highest BCUT2D eigenvalue weighted by Gasteiger charge is 2.17. The molecular formula is C10H14ClN5S. The first-order valence-electron chi connectivity index (χ1n) is 5.38. The molecule has 0 aliphatic heterocycles. The lowest BCUT2D eigenvalue weighted by Crippen LogP contribution is -2.16. The Kier molecular flexibility index (Phi) is 3.76. The summed E-state index contributed by atoms with van der Waals surface area (Å²) in [6.07, 6.45) is 2.32. The maximum atomic E-state index is 6.23. The monoisotopic (exact) mass is 271 g/mol. The highest BCUT2D eigenvalue weighted by atomic mass is 35.5. The van der Waals surface area contributed by atoms with Crippen molar-refractivity contribution in [2.45, 2.75) is 32.9 Å². The van der Waals surface area contributed by atoms with E-state index in [1.807, 2.05) is 18.5 Å². The predicted octanol–water partition coefficient (Wildman–Crippen LogP) is 1.96. The lowest BCUT2D eigenvalue weighted by molar-refractivity contribution is 0.584. The molecule has 0 spiro atoms. The fraction of sp³-hybridized carbons (Fsp3) is 0.500. The SMILES string of the molecule is CCn1nc(C)c(Cl)c1CC(N)c1cnsn1. The van der Waals surface area contributed by atoms with E-state index in [2.05, 4.69) is 13.8 Å². The van der Waals surface area contributed by atoms with Gasteiger partial charge in [0.15, 0.2) is 0 Å². The van der Waals surface area contributed by atoms with Crippen molar-refractivity contribution in [3.63, 3.8) is 0 Å². The van der Waals surface area contributed by atoms with E-state index < -0.39 is 0 Å². The zero-order chi connectivity index (χ0) is 12.4. The maximum absolute atomic E-state index is 6.23. The van der Waals surface area contributed by atoms with Crippen molar-refractivity contribution in [2.24, 2.45) is 5.73 Å². The molecule has 0 saturated carbocycles. The molecule has 0 amide bonds. The number of halogens is 1. The van der Waals surface area contributed by atoms with Crippen LogP contribution in [0.15, 0.2) is 6.20 Å². The second-order valence-corrected chi connectivity index (χ2v) is 4.74. The number of hydrogen-bond donors (Lipinski definition) is 1. The van der Waals surface area contributed by atoms with Crippen molar-refractivity contribution in [1.29, 1.82) is 0 Å². The summed E-state index contributed by atoms with van der Waals surface area (Å²) in [5.41, 5.74) is 8.68. The molecule has 0 radical (unpaired) electrons. The molecule has 0 fully saturated rings. The highest BCUT2D eigenvalue weighted by molar-refractivity contribution is 6.99. The zero-order valence-electron chi connectivity index (χ0n) is 9.72. The Balaban J connectivity index is 2.24. The van der Waals surface area contributed by atoms with Gasteiger partial charge in [0.05, 0.1) is 46.1 Å². The van der Waals surface area contributed by atoms with Crippen LogP contribution in [0.2, 0.25) is 5.02 Å². The van der Waals surface area contributed by atoms with E-state index >= 15 is 0 Å². The summed E-state index contributed by atoms with van der Waals surface area (Å²) >= 11 is 7.39. The number of nitrogens with two attached hydrogens (primary N) is 1. The van der Waals surface area contributed by atoms with Crippen LogP contribution in [0.4, 0.5) is 0 Å². The van der Waals surface area contributed by atoms with Crippen molar-refractivity contribution in [1.82, 2.24) is 18.5 Å². The minimum atomic E-state index is -0.187. The molecule has 5 nitrogen and oxygen atoms in total. The van der Waals surface area contributed by atoms with Crippen LogP contribution in [-0.4, -0.2) is 18.5 Å². The normalized spacial score (nSPS) is 12.9. The molecule has 0 aromatic carbocycles. The molecule has 92 valence electrons. The molecule has 17 heavy (non-hydrogen) atoms. The summed E-state index contributed by atoms with van der Waals surface area (Å²) in [6, 6.07) is -0.187. The first-order valence-corrected chi connectivity index (χ1v) is 6.49. The quantitative estimate of drug-likeness (QED) is 0.923. The molecule has 1 unspecified atom stereocenters. The minimum absolute atomic E-state index is 0.187. The summed E-state index contributed by atoms with van der Waals surface area (Å²) in [4.78, 5) is 0. The molecule has 2 heterocycles. The zero-order valence-corrected chi connectivity index (χ0v) is 11.3. The average Bonchev–Trinajstić information content (AvgIpc) is 2.92. The van der Waals surface area contributed by atoms with Gasteiger partial charge in [0, 0.05) is 13.0 Å². The van der Waals surface area contributed by atoms with Crippen LogP contribution in [0.25, 0.3) is 0 Å². The van der Waals surface area contributed by atoms with Gasteiger partial charge in [-0.3, -0.25) is 4.68 Å². The highest BCUT2D eigenvalue weighted by Crippen LogP contribution is 2.24. The molecule has 2 aromatic heterocycles. The molecule has 0 aliphatic rings. The summed E-state index contributed by atoms with van der Waals surface area (Å²) in [7, 11) is 0. The summed E-state index contributed by atoms with van der Waals surface area (Å²) in [6.45, 7) is 4.71. The van der Waals surface area contributed by atoms with Crippen molar-refractivity contribution >= 4 is 23.3 Å². The minimum Gasteiger partial charge on any atom is -0.322 e. The molecule has 2 N–H and O–H groups in total. The summed E-state index contributed by atoms with van der Waals surface area (Å²) in [5, 5.41) is 5.06. The Bertz CT molecular complexity index is 493. The average molecular weight is 272 g/mol. The van der Waals surface area contributed by atoms with Crippen LogP contribution in [-0.2, 0) is 13.0 Å². The predicted molar refractivity (Wildman–Crippen MR) is 68.2 cm³/mol. The standard InChI is InChI=1S/C10H14ClN5S/c1-3-16-9(10(11)6(2)14-16)4-7(12)8-5-13-17-15-8/h5,7H,3-4,12H2,1-2H3. The summed E-state index contributed by atoms with van der Waals surface area (Å²) < 4.78 is 9.97. The van der Waals surface area contributed by atoms with Crippen LogP contribution in [0.3, 0.4) is 0 Å². The van der Waals surface area contributed by atoms with Crippen molar-refractivity contribution in [3.8, 4) is 0 Å². The van der Waals surface area contributed by atoms with Gasteiger partial charge in [0.1, 0.15) is 0 Å². The van der Waals surface area contributed by atoms with Gasteiger partial charge < -0.3 is 5.73 Å². The van der Waals surface area contributed by atoms with Gasteiger partial charge in [0.2, 0.25) is 0 Å². The van der Waals surface area contributed by atoms with Gasteiger partial charge in [-0.15, -0.1) is 0 Å². The Morgan fingerprint density at radius 2 is 2.35 bits per heavy atom. The molecule has 1 atom stereocenters. The third-order valence-electron chi connectivity index (χ3n) is 2.62. The van der Waals surface area contributed by atoms with Crippen LogP contribution in [0, 0.1) is 6.92 Å².